The Morgan fingerprint density at radius 1 is 0.852 bits per heavy atom. The lowest BCUT2D eigenvalue weighted by molar-refractivity contribution is -0.142. The van der Waals surface area contributed by atoms with Crippen molar-refractivity contribution in [1.82, 2.24) is 0 Å². The summed E-state index contributed by atoms with van der Waals surface area (Å²) in [5, 5.41) is 0. The third kappa shape index (κ3) is 21.4. The molecule has 1 atom stereocenters. The molecule has 0 aromatic rings. The molecule has 0 fully saturated rings. The van der Waals surface area contributed by atoms with Crippen LogP contribution in [0.4, 0.5) is 8.78 Å². The quantitative estimate of drug-likeness (QED) is 0.0924. The number of hydrogen-bond acceptors (Lipinski definition) is 2. The summed E-state index contributed by atoms with van der Waals surface area (Å²) in [4.78, 5) is 11.1. The van der Waals surface area contributed by atoms with E-state index in [9.17, 15) is 13.6 Å². The molecule has 0 aromatic heterocycles. The van der Waals surface area contributed by atoms with Crippen molar-refractivity contribution in [2.24, 2.45) is 0 Å². The van der Waals surface area contributed by atoms with Gasteiger partial charge < -0.3 is 4.74 Å². The average Bonchev–Trinajstić information content (AvgIpc) is 2.63. The van der Waals surface area contributed by atoms with Crippen LogP contribution < -0.4 is 0 Å². The second kappa shape index (κ2) is 20.0. The van der Waals surface area contributed by atoms with E-state index in [1.54, 1.807) is 0 Å². The lowest BCUT2D eigenvalue weighted by Gasteiger charge is -2.11. The summed E-state index contributed by atoms with van der Waals surface area (Å²) in [6, 6.07) is -1.39. The van der Waals surface area contributed by atoms with E-state index in [0.717, 1.165) is 25.7 Å². The predicted octanol–water partition coefficient (Wildman–Crippen LogP) is 7.30. The molecule has 0 aliphatic heterocycles. The largest absolute Gasteiger partial charge is 0.460 e. The molecule has 5 heteroatoms. The van der Waals surface area contributed by atoms with Crippen LogP contribution >= 0.6 is 0 Å². The van der Waals surface area contributed by atoms with E-state index in [2.05, 4.69) is 6.58 Å². The standard InChI is InChI=1S/C22H40F2O2Si/c1-3-21(25)26-20(2)18-16-14-12-10-8-6-4-5-7-9-11-13-15-17-19-27-22(23)24/h3,20,22H,1,4-19H2,2H3. The number of rotatable bonds is 20. The molecule has 158 valence electrons. The lowest BCUT2D eigenvalue weighted by Crippen LogP contribution is -2.12. The van der Waals surface area contributed by atoms with Crippen LogP contribution in [-0.4, -0.2) is 27.6 Å². The summed E-state index contributed by atoms with van der Waals surface area (Å²) in [5.41, 5.74) is 0. The van der Waals surface area contributed by atoms with Crippen molar-refractivity contribution < 1.29 is 18.3 Å². The van der Waals surface area contributed by atoms with E-state index in [1.807, 2.05) is 6.92 Å². The zero-order valence-electron chi connectivity index (χ0n) is 17.3. The van der Waals surface area contributed by atoms with Gasteiger partial charge in [-0.15, -0.1) is 0 Å². The summed E-state index contributed by atoms with van der Waals surface area (Å²) in [5.74, 6) is -0.326. The number of esters is 1. The zero-order chi connectivity index (χ0) is 20.2. The molecular formula is C22H40F2O2Si. The zero-order valence-corrected chi connectivity index (χ0v) is 18.3. The number of unbranched alkanes of at least 4 members (excludes halogenated alkanes) is 13. The summed E-state index contributed by atoms with van der Waals surface area (Å²) in [6.45, 7) is 5.34. The van der Waals surface area contributed by atoms with E-state index in [1.165, 1.54) is 76.7 Å². The van der Waals surface area contributed by atoms with Gasteiger partial charge in [0.1, 0.15) is 9.52 Å². The molecule has 0 saturated carbocycles. The van der Waals surface area contributed by atoms with Crippen LogP contribution in [0, 0.1) is 0 Å². The molecule has 0 rings (SSSR count). The Balaban J connectivity index is 3.13. The maximum absolute atomic E-state index is 12.0. The summed E-state index contributed by atoms with van der Waals surface area (Å²) < 4.78 is 29.1. The fraction of sp³-hybridized carbons (Fsp3) is 0.864. The van der Waals surface area contributed by atoms with Crippen molar-refractivity contribution in [3.8, 4) is 0 Å². The Labute approximate surface area is 168 Å². The third-order valence-electron chi connectivity index (χ3n) is 4.82. The van der Waals surface area contributed by atoms with Gasteiger partial charge in [0.05, 0.1) is 6.10 Å². The first-order chi connectivity index (χ1) is 13.1. The number of carbonyl (C=O) groups excluding carboxylic acids is 1. The minimum Gasteiger partial charge on any atom is -0.460 e. The highest BCUT2D eigenvalue weighted by Crippen LogP contribution is 2.14. The maximum Gasteiger partial charge on any atom is 0.330 e. The fourth-order valence-corrected chi connectivity index (χ4v) is 3.87. The van der Waals surface area contributed by atoms with E-state index >= 15 is 0 Å². The number of alkyl halides is 2. The van der Waals surface area contributed by atoms with Gasteiger partial charge in [0.25, 0.3) is 0 Å². The number of hydrogen-bond donors (Lipinski definition) is 0. The van der Waals surface area contributed by atoms with E-state index in [4.69, 9.17) is 4.74 Å². The summed E-state index contributed by atoms with van der Waals surface area (Å²) in [6.07, 6.45) is 19.6. The molecule has 2 nitrogen and oxygen atoms in total. The van der Waals surface area contributed by atoms with Crippen molar-refractivity contribution in [2.75, 3.05) is 0 Å². The molecule has 0 bridgehead atoms. The maximum atomic E-state index is 12.0. The second-order valence-electron chi connectivity index (χ2n) is 7.44. The molecule has 0 N–H and O–H groups in total. The van der Waals surface area contributed by atoms with Crippen molar-refractivity contribution in [3.63, 3.8) is 0 Å². The van der Waals surface area contributed by atoms with Gasteiger partial charge in [-0.25, -0.2) is 13.6 Å². The number of halogens is 2. The van der Waals surface area contributed by atoms with Gasteiger partial charge in [-0.2, -0.15) is 0 Å². The van der Waals surface area contributed by atoms with Crippen LogP contribution in [0.15, 0.2) is 12.7 Å². The fourth-order valence-electron chi connectivity index (χ4n) is 3.19. The van der Waals surface area contributed by atoms with Crippen LogP contribution in [0.2, 0.25) is 6.04 Å². The Hall–Kier alpha value is -0.713. The molecular weight excluding hydrogens is 362 g/mol. The Morgan fingerprint density at radius 3 is 1.67 bits per heavy atom. The van der Waals surface area contributed by atoms with Gasteiger partial charge in [0.2, 0.25) is 6.05 Å². The van der Waals surface area contributed by atoms with Gasteiger partial charge >= 0.3 is 5.97 Å². The molecule has 0 saturated heterocycles. The Morgan fingerprint density at radius 2 is 1.26 bits per heavy atom. The SMILES string of the molecule is C=CC(=O)OC(C)CCCCCCCCCCCCCCCC[Si]C(F)F. The first-order valence-corrected chi connectivity index (χ1v) is 12.2. The molecule has 0 aliphatic carbocycles. The molecule has 0 aliphatic rings. The molecule has 2 radical (unpaired) electrons. The van der Waals surface area contributed by atoms with E-state index < -0.39 is 6.05 Å². The number of ether oxygens (including phenoxy) is 1. The number of carbonyl (C=O) groups is 1. The molecule has 0 amide bonds. The predicted molar refractivity (Wildman–Crippen MR) is 112 cm³/mol. The highest BCUT2D eigenvalue weighted by atomic mass is 28.2. The van der Waals surface area contributed by atoms with Crippen LogP contribution in [0.25, 0.3) is 0 Å². The Kier molecular flexibility index (Phi) is 19.5. The minimum atomic E-state index is -2.09. The summed E-state index contributed by atoms with van der Waals surface area (Å²) in [7, 11) is -0.157. The summed E-state index contributed by atoms with van der Waals surface area (Å²) >= 11 is 0. The molecule has 0 spiro atoms. The Bertz CT molecular complexity index is 351. The van der Waals surface area contributed by atoms with E-state index in [-0.39, 0.29) is 21.6 Å². The van der Waals surface area contributed by atoms with Crippen molar-refractivity contribution in [2.45, 2.75) is 121 Å². The normalized spacial score (nSPS) is 12.3. The molecule has 1 unspecified atom stereocenters. The topological polar surface area (TPSA) is 26.3 Å². The van der Waals surface area contributed by atoms with Crippen molar-refractivity contribution >= 4 is 15.5 Å². The average molecular weight is 403 g/mol. The van der Waals surface area contributed by atoms with Gasteiger partial charge in [0, 0.05) is 6.08 Å². The van der Waals surface area contributed by atoms with Gasteiger partial charge in [-0.3, -0.25) is 0 Å². The third-order valence-corrected chi connectivity index (χ3v) is 5.77. The van der Waals surface area contributed by atoms with Crippen molar-refractivity contribution in [1.29, 1.82) is 0 Å². The van der Waals surface area contributed by atoms with Gasteiger partial charge in [-0.1, -0.05) is 96.1 Å². The van der Waals surface area contributed by atoms with Gasteiger partial charge in [0.15, 0.2) is 0 Å². The highest BCUT2D eigenvalue weighted by Gasteiger charge is 2.05. The molecule has 0 heterocycles. The minimum absolute atomic E-state index is 0.00601. The van der Waals surface area contributed by atoms with Crippen LogP contribution in [-0.2, 0) is 9.53 Å². The monoisotopic (exact) mass is 402 g/mol. The van der Waals surface area contributed by atoms with Crippen LogP contribution in [0.5, 0.6) is 0 Å². The van der Waals surface area contributed by atoms with Crippen LogP contribution in [0.1, 0.15) is 103 Å². The second-order valence-corrected chi connectivity index (χ2v) is 8.79. The first-order valence-electron chi connectivity index (χ1n) is 10.9. The van der Waals surface area contributed by atoms with Crippen LogP contribution in [0.3, 0.4) is 0 Å². The molecule has 0 aromatic carbocycles. The first kappa shape index (κ1) is 26.3. The smallest absolute Gasteiger partial charge is 0.330 e. The van der Waals surface area contributed by atoms with Crippen molar-refractivity contribution in [3.05, 3.63) is 12.7 Å². The lowest BCUT2D eigenvalue weighted by atomic mass is 10.0. The molecule has 27 heavy (non-hydrogen) atoms. The van der Waals surface area contributed by atoms with Gasteiger partial charge in [-0.05, 0) is 19.8 Å². The van der Waals surface area contributed by atoms with E-state index in [0.29, 0.717) is 6.04 Å². The highest BCUT2D eigenvalue weighted by molar-refractivity contribution is 6.36.